The van der Waals surface area contributed by atoms with Crippen LogP contribution in [0.4, 0.5) is 4.79 Å². The summed E-state index contributed by atoms with van der Waals surface area (Å²) in [5.74, 6) is -0.949. The van der Waals surface area contributed by atoms with E-state index in [1.165, 1.54) is 0 Å². The maximum atomic E-state index is 13.0. The maximum absolute atomic E-state index is 13.0. The fourth-order valence-corrected chi connectivity index (χ4v) is 2.91. The van der Waals surface area contributed by atoms with Crippen molar-refractivity contribution in [1.82, 2.24) is 15.5 Å². The predicted octanol–water partition coefficient (Wildman–Crippen LogP) is 3.20. The van der Waals surface area contributed by atoms with Crippen molar-refractivity contribution in [3.05, 3.63) is 34.9 Å². The van der Waals surface area contributed by atoms with Crippen molar-refractivity contribution in [3.8, 4) is 12.5 Å². The molecule has 164 valence electrons. The number of benzene rings is 1. The van der Waals surface area contributed by atoms with Crippen LogP contribution in [0, 0.1) is 26.3 Å². The third-order valence-electron chi connectivity index (χ3n) is 4.09. The number of carbonyl (C=O) groups is 3. The monoisotopic (exact) mass is 415 g/mol. The van der Waals surface area contributed by atoms with E-state index in [4.69, 9.17) is 11.2 Å². The number of nitrogens with one attached hydrogen (secondary N) is 2. The molecule has 0 aliphatic heterocycles. The quantitative estimate of drug-likeness (QED) is 0.388. The van der Waals surface area contributed by atoms with Gasteiger partial charge in [0, 0.05) is 12.6 Å². The second-order valence-corrected chi connectivity index (χ2v) is 8.22. The fourth-order valence-electron chi connectivity index (χ4n) is 2.91. The van der Waals surface area contributed by atoms with Crippen LogP contribution in [0.25, 0.3) is 0 Å². The summed E-state index contributed by atoms with van der Waals surface area (Å²) >= 11 is 0. The highest BCUT2D eigenvalue weighted by Gasteiger charge is 2.31. The van der Waals surface area contributed by atoms with Gasteiger partial charge in [0.25, 0.3) is 5.91 Å². The van der Waals surface area contributed by atoms with E-state index < -0.39 is 23.6 Å². The zero-order valence-corrected chi connectivity index (χ0v) is 18.8. The van der Waals surface area contributed by atoms with Crippen LogP contribution in [0.15, 0.2) is 18.2 Å². The van der Waals surface area contributed by atoms with E-state index in [2.05, 4.69) is 16.7 Å². The Bertz CT molecular complexity index is 785. The highest BCUT2D eigenvalue weighted by Crippen LogP contribution is 2.23. The summed E-state index contributed by atoms with van der Waals surface area (Å²) in [6, 6.07) is 6.94. The number of nitrogens with zero attached hydrogens (tertiary/aromatic N) is 1. The number of rotatable bonds is 8. The number of hydrogen-bond donors (Lipinski definition) is 2. The molecular formula is C23H33N3O4. The number of unbranched alkanes of at least 4 members (excludes halogenated alkanes) is 1. The second-order valence-electron chi connectivity index (χ2n) is 8.22. The second kappa shape index (κ2) is 11.2. The van der Waals surface area contributed by atoms with Gasteiger partial charge in [-0.1, -0.05) is 49.1 Å². The van der Waals surface area contributed by atoms with Crippen molar-refractivity contribution in [2.24, 2.45) is 0 Å². The molecule has 0 spiro atoms. The van der Waals surface area contributed by atoms with Crippen molar-refractivity contribution in [3.63, 3.8) is 0 Å². The Morgan fingerprint density at radius 2 is 1.73 bits per heavy atom. The SMILES string of the molecule is C#CN(C(=O)CNC(=O)OC(C)(C)C)C(C(=O)NCCCC)c1cc(C)cc(C)c1. The highest BCUT2D eigenvalue weighted by molar-refractivity contribution is 5.91. The number of amides is 3. The van der Waals surface area contributed by atoms with Gasteiger partial charge in [0.1, 0.15) is 18.2 Å². The van der Waals surface area contributed by atoms with E-state index in [-0.39, 0.29) is 12.5 Å². The highest BCUT2D eigenvalue weighted by atomic mass is 16.6. The molecule has 0 aliphatic rings. The van der Waals surface area contributed by atoms with Gasteiger partial charge >= 0.3 is 6.09 Å². The molecule has 0 radical (unpaired) electrons. The van der Waals surface area contributed by atoms with E-state index in [9.17, 15) is 14.4 Å². The van der Waals surface area contributed by atoms with E-state index >= 15 is 0 Å². The Labute approximate surface area is 179 Å². The molecule has 0 aliphatic carbocycles. The summed E-state index contributed by atoms with van der Waals surface area (Å²) in [7, 11) is 0. The van der Waals surface area contributed by atoms with Crippen molar-refractivity contribution in [2.45, 2.75) is 66.0 Å². The van der Waals surface area contributed by atoms with Crippen molar-refractivity contribution < 1.29 is 19.1 Å². The van der Waals surface area contributed by atoms with E-state index in [0.717, 1.165) is 28.9 Å². The molecule has 7 nitrogen and oxygen atoms in total. The van der Waals surface area contributed by atoms with Gasteiger partial charge in [0.15, 0.2) is 0 Å². The number of aryl methyl sites for hydroxylation is 2. The Kier molecular flexibility index (Phi) is 9.38. The van der Waals surface area contributed by atoms with Crippen LogP contribution in [-0.2, 0) is 14.3 Å². The first-order chi connectivity index (χ1) is 14.0. The zero-order valence-electron chi connectivity index (χ0n) is 18.8. The lowest BCUT2D eigenvalue weighted by molar-refractivity contribution is -0.136. The average molecular weight is 416 g/mol. The molecule has 30 heavy (non-hydrogen) atoms. The van der Waals surface area contributed by atoms with Gasteiger partial charge in [0.2, 0.25) is 5.91 Å². The summed E-state index contributed by atoms with van der Waals surface area (Å²) in [6.07, 6.45) is 6.62. The Hall–Kier alpha value is -3.01. The first-order valence-corrected chi connectivity index (χ1v) is 10.1. The average Bonchev–Trinajstić information content (AvgIpc) is 2.61. The first-order valence-electron chi connectivity index (χ1n) is 10.1. The van der Waals surface area contributed by atoms with Gasteiger partial charge in [-0.05, 0) is 46.6 Å². The lowest BCUT2D eigenvalue weighted by Gasteiger charge is -2.27. The molecule has 3 amide bonds. The zero-order chi connectivity index (χ0) is 22.9. The van der Waals surface area contributed by atoms with E-state index in [1.807, 2.05) is 39.0 Å². The Balaban J connectivity index is 3.09. The minimum Gasteiger partial charge on any atom is -0.444 e. The summed E-state index contributed by atoms with van der Waals surface area (Å²) in [6.45, 7) is 11.1. The molecule has 2 N–H and O–H groups in total. The normalized spacial score (nSPS) is 11.8. The minimum absolute atomic E-state index is 0.364. The van der Waals surface area contributed by atoms with Crippen molar-refractivity contribution in [2.75, 3.05) is 13.1 Å². The molecule has 0 saturated carbocycles. The van der Waals surface area contributed by atoms with Crippen LogP contribution in [0.3, 0.4) is 0 Å². The smallest absolute Gasteiger partial charge is 0.408 e. The summed E-state index contributed by atoms with van der Waals surface area (Å²) in [4.78, 5) is 38.7. The van der Waals surface area contributed by atoms with E-state index in [1.54, 1.807) is 20.8 Å². The molecule has 1 atom stereocenters. The first kappa shape index (κ1) is 25.0. The van der Waals surface area contributed by atoms with Crippen LogP contribution in [-0.4, -0.2) is 41.5 Å². The summed E-state index contributed by atoms with van der Waals surface area (Å²) < 4.78 is 5.14. The molecule has 0 aromatic heterocycles. The standard InChI is InChI=1S/C23H33N3O4/c1-8-10-11-24-21(28)20(18-13-16(3)12-17(4)14-18)26(9-2)19(27)15-25-22(29)30-23(5,6)7/h2,12-14,20H,8,10-11,15H2,1,3-7H3,(H,24,28)(H,25,29). The van der Waals surface area contributed by atoms with Gasteiger partial charge in [-0.3, -0.25) is 14.5 Å². The topological polar surface area (TPSA) is 87.7 Å². The van der Waals surface area contributed by atoms with Crippen LogP contribution in [0.1, 0.15) is 63.3 Å². The molecule has 7 heteroatoms. The number of ether oxygens (including phenoxy) is 1. The van der Waals surface area contributed by atoms with Crippen LogP contribution >= 0.6 is 0 Å². The molecule has 1 aromatic rings. The number of carbonyl (C=O) groups excluding carboxylic acids is 3. The molecular weight excluding hydrogens is 382 g/mol. The predicted molar refractivity (Wildman–Crippen MR) is 116 cm³/mol. The lowest BCUT2D eigenvalue weighted by atomic mass is 9.99. The molecule has 0 heterocycles. The van der Waals surface area contributed by atoms with Crippen LogP contribution in [0.5, 0.6) is 0 Å². The maximum Gasteiger partial charge on any atom is 0.408 e. The fraction of sp³-hybridized carbons (Fsp3) is 0.522. The number of terminal acetylenes is 1. The van der Waals surface area contributed by atoms with Crippen LogP contribution in [0.2, 0.25) is 0 Å². The molecule has 1 unspecified atom stereocenters. The van der Waals surface area contributed by atoms with Gasteiger partial charge in [-0.2, -0.15) is 0 Å². The lowest BCUT2D eigenvalue weighted by Crippen LogP contribution is -2.46. The number of hydrogen-bond acceptors (Lipinski definition) is 4. The molecule has 1 rings (SSSR count). The van der Waals surface area contributed by atoms with Crippen molar-refractivity contribution in [1.29, 1.82) is 0 Å². The Morgan fingerprint density at radius 3 is 2.23 bits per heavy atom. The molecule has 0 fully saturated rings. The largest absolute Gasteiger partial charge is 0.444 e. The molecule has 0 saturated heterocycles. The van der Waals surface area contributed by atoms with Gasteiger partial charge in [0.05, 0.1) is 0 Å². The number of alkyl carbamates (subject to hydrolysis) is 1. The van der Waals surface area contributed by atoms with E-state index in [0.29, 0.717) is 12.1 Å². The molecule has 0 bridgehead atoms. The third kappa shape index (κ3) is 8.16. The summed E-state index contributed by atoms with van der Waals surface area (Å²) in [5.41, 5.74) is 1.82. The Morgan fingerprint density at radius 1 is 1.13 bits per heavy atom. The summed E-state index contributed by atoms with van der Waals surface area (Å²) in [5, 5.41) is 5.24. The third-order valence-corrected chi connectivity index (χ3v) is 4.09. The minimum atomic E-state index is -1.00. The van der Waals surface area contributed by atoms with Crippen LogP contribution < -0.4 is 10.6 Å². The molecule has 1 aromatic carbocycles. The van der Waals surface area contributed by atoms with Crippen molar-refractivity contribution >= 4 is 17.9 Å². The van der Waals surface area contributed by atoms with Gasteiger partial charge < -0.3 is 15.4 Å². The van der Waals surface area contributed by atoms with Gasteiger partial charge in [-0.25, -0.2) is 4.79 Å². The van der Waals surface area contributed by atoms with Gasteiger partial charge in [-0.15, -0.1) is 0 Å².